The third kappa shape index (κ3) is 16.4. The summed E-state index contributed by atoms with van der Waals surface area (Å²) in [6.07, 6.45) is 1.11. The molecule has 2 atom stereocenters. The molecule has 0 aliphatic rings. The van der Waals surface area contributed by atoms with Crippen molar-refractivity contribution in [2.24, 2.45) is 0 Å². The smallest absolute Gasteiger partial charge is 0.437 e. The fourth-order valence-electron chi connectivity index (χ4n) is 4.78. The lowest BCUT2D eigenvalue weighted by Gasteiger charge is -2.44. The molecule has 1 rings (SSSR count). The minimum absolute atomic E-state index is 0.405. The molecule has 2 unspecified atom stereocenters. The van der Waals surface area contributed by atoms with E-state index in [1.807, 2.05) is 26.2 Å². The zero-order chi connectivity index (χ0) is 35.9. The highest BCUT2D eigenvalue weighted by molar-refractivity contribution is 8.12. The molecule has 1 aromatic carbocycles. The first-order valence-corrected chi connectivity index (χ1v) is 32.4. The molecule has 0 heterocycles. The van der Waals surface area contributed by atoms with Crippen molar-refractivity contribution in [3.63, 3.8) is 0 Å². The second kappa shape index (κ2) is 16.6. The number of alkyl halides is 3. The second-order valence-corrected chi connectivity index (χ2v) is 37.1. The van der Waals surface area contributed by atoms with E-state index in [0.29, 0.717) is 50.3 Å². The van der Waals surface area contributed by atoms with Crippen LogP contribution in [0.1, 0.15) is 12.0 Å². The highest BCUT2D eigenvalue weighted by atomic mass is 32.3. The molecule has 270 valence electrons. The zero-order valence-electron chi connectivity index (χ0n) is 28.7. The number of benzene rings is 1. The van der Waals surface area contributed by atoms with Crippen LogP contribution in [0, 0.1) is 0 Å². The van der Waals surface area contributed by atoms with Crippen molar-refractivity contribution in [1.82, 2.24) is 0 Å². The number of aryl methyl sites for hydroxylation is 1. The van der Waals surface area contributed by atoms with E-state index in [1.54, 1.807) is 7.11 Å². The van der Waals surface area contributed by atoms with Crippen LogP contribution >= 0.6 is 0 Å². The molecule has 0 bridgehead atoms. The van der Waals surface area contributed by atoms with Gasteiger partial charge in [-0.05, 0) is 108 Å². The Hall–Kier alpha value is -0.286. The summed E-state index contributed by atoms with van der Waals surface area (Å²) in [5, 5.41) is 0. The zero-order valence-corrected chi connectivity index (χ0v) is 35.4. The largest absolute Gasteiger partial charge is 0.480 e. The number of sulfonamides is 2. The molecular weight excluding hydrogens is 736 g/mol. The van der Waals surface area contributed by atoms with Gasteiger partial charge < -0.3 is 30.1 Å². The van der Waals surface area contributed by atoms with Gasteiger partial charge in [0.2, 0.25) is 0 Å². The molecule has 11 nitrogen and oxygen atoms in total. The Morgan fingerprint density at radius 3 is 1.70 bits per heavy atom. The fourth-order valence-corrected chi connectivity index (χ4v) is 30.7. The quantitative estimate of drug-likeness (QED) is 0.0969. The van der Waals surface area contributed by atoms with Crippen molar-refractivity contribution in [2.45, 2.75) is 101 Å². The second-order valence-electron chi connectivity index (χ2n) is 13.6. The Morgan fingerprint density at radius 1 is 0.696 bits per heavy atom. The number of rotatable bonds is 21. The summed E-state index contributed by atoms with van der Waals surface area (Å²) < 4.78 is 125. The highest BCUT2D eigenvalue weighted by Crippen LogP contribution is 2.34. The first kappa shape index (κ1) is 43.7. The number of methoxy groups -OCH3 is 1. The van der Waals surface area contributed by atoms with Crippen LogP contribution in [0.4, 0.5) is 13.2 Å². The average molecular weight is 787 g/mol. The molecule has 46 heavy (non-hydrogen) atoms. The van der Waals surface area contributed by atoms with Crippen LogP contribution < -0.4 is 0 Å². The lowest BCUT2D eigenvalue weighted by molar-refractivity contribution is -0.0425. The van der Waals surface area contributed by atoms with E-state index < -0.39 is 72.8 Å². The predicted molar refractivity (Wildman–Crippen MR) is 184 cm³/mol. The third-order valence-electron chi connectivity index (χ3n) is 5.90. The molecule has 0 radical (unpaired) electrons. The van der Waals surface area contributed by atoms with Crippen molar-refractivity contribution in [3.8, 4) is 0 Å². The molecule has 0 saturated carbocycles. The SMILES string of the molecule is COCCOCCC[Si](C)(O[Si](C)(C)O[Si](C)(C)C)O[Si](C)(CCc1ccc(S(=O)(=O)[N-]S(=O)(=O)C(F)(F)F)cc1)O[Si](C)(C)C. The number of hydrogen-bond acceptors (Lipinski definition) is 10. The summed E-state index contributed by atoms with van der Waals surface area (Å²) in [5.41, 5.74) is -5.17. The molecule has 0 amide bonds. The van der Waals surface area contributed by atoms with Gasteiger partial charge in [-0.3, -0.25) is 0 Å². The Balaban J connectivity index is 3.27. The van der Waals surface area contributed by atoms with E-state index in [0.717, 1.165) is 12.1 Å². The van der Waals surface area contributed by atoms with Crippen molar-refractivity contribution in [3.05, 3.63) is 34.0 Å². The molecular formula is C25H51F3NO10S2Si5-. The monoisotopic (exact) mass is 786 g/mol. The molecule has 0 aliphatic carbocycles. The number of nitrogens with zero attached hydrogens (tertiary/aromatic N) is 1. The van der Waals surface area contributed by atoms with E-state index in [2.05, 4.69) is 43.4 Å². The van der Waals surface area contributed by atoms with Crippen LogP contribution in [-0.2, 0) is 52.4 Å². The molecule has 0 N–H and O–H groups in total. The Labute approximate surface area is 279 Å². The highest BCUT2D eigenvalue weighted by Gasteiger charge is 2.48. The molecule has 0 fully saturated rings. The Kier molecular flexibility index (Phi) is 15.8. The Bertz CT molecular complexity index is 1330. The normalized spacial score (nSPS) is 16.7. The molecule has 0 aliphatic heterocycles. The van der Waals surface area contributed by atoms with Crippen LogP contribution in [0.2, 0.25) is 77.6 Å². The predicted octanol–water partition coefficient (Wildman–Crippen LogP) is 6.78. The molecule has 0 saturated heterocycles. The minimum Gasteiger partial charge on any atom is -0.437 e. The van der Waals surface area contributed by atoms with Crippen LogP contribution in [-0.4, -0.2) is 91.6 Å². The average Bonchev–Trinajstić information content (AvgIpc) is 2.80. The number of halogens is 3. The maximum atomic E-state index is 12.7. The van der Waals surface area contributed by atoms with Gasteiger partial charge in [0, 0.05) is 18.6 Å². The maximum Gasteiger partial charge on any atom is 0.480 e. The van der Waals surface area contributed by atoms with Crippen LogP contribution in [0.3, 0.4) is 0 Å². The lowest BCUT2D eigenvalue weighted by atomic mass is 10.2. The van der Waals surface area contributed by atoms with Crippen LogP contribution in [0.25, 0.3) is 4.13 Å². The van der Waals surface area contributed by atoms with Crippen molar-refractivity contribution >= 4 is 62.4 Å². The molecule has 0 aromatic heterocycles. The first-order chi connectivity index (χ1) is 20.5. The molecule has 0 spiro atoms. The van der Waals surface area contributed by atoms with Gasteiger partial charge >= 0.3 is 31.2 Å². The van der Waals surface area contributed by atoms with Gasteiger partial charge in [-0.25, -0.2) is 16.8 Å². The summed E-state index contributed by atoms with van der Waals surface area (Å²) >= 11 is 0. The summed E-state index contributed by atoms with van der Waals surface area (Å²) in [6, 6.07) is 6.00. The fraction of sp³-hybridized carbons (Fsp3) is 0.760. The Morgan fingerprint density at radius 2 is 1.22 bits per heavy atom. The van der Waals surface area contributed by atoms with Crippen molar-refractivity contribution in [2.75, 3.05) is 26.9 Å². The standard InChI is InChI=1S/C25H51F3NO10S2Si5/c1-34-19-20-35-18-12-21-45(10,38-44(8,9)36-42(2,3)4)39-46(11,37-43(5,6)7)22-17-23-13-15-24(16-14-23)40(30,31)29-41(32,33)25(26,27)28/h13-16H,12,17-22H2,1-11H3/q-1. The van der Waals surface area contributed by atoms with Gasteiger partial charge in [-0.2, -0.15) is 13.2 Å². The van der Waals surface area contributed by atoms with Crippen molar-refractivity contribution < 1.29 is 55.9 Å². The first-order valence-electron chi connectivity index (χ1n) is 14.8. The van der Waals surface area contributed by atoms with E-state index >= 15 is 0 Å². The summed E-state index contributed by atoms with van der Waals surface area (Å²) in [6.45, 7) is 22.1. The lowest BCUT2D eigenvalue weighted by Crippen LogP contribution is -2.60. The van der Waals surface area contributed by atoms with E-state index in [9.17, 15) is 30.0 Å². The maximum absolute atomic E-state index is 12.7. The topological polar surface area (TPSA) is 138 Å². The van der Waals surface area contributed by atoms with E-state index in [-0.39, 0.29) is 0 Å². The van der Waals surface area contributed by atoms with E-state index in [1.165, 1.54) is 12.1 Å². The minimum atomic E-state index is -6.23. The summed E-state index contributed by atoms with van der Waals surface area (Å²) in [4.78, 5) is -0.672. The molecule has 1 aromatic rings. The van der Waals surface area contributed by atoms with E-state index in [4.69, 9.17) is 25.9 Å². The van der Waals surface area contributed by atoms with Gasteiger partial charge in [0.15, 0.2) is 26.7 Å². The van der Waals surface area contributed by atoms with Gasteiger partial charge in [0.1, 0.15) is 10.0 Å². The third-order valence-corrected chi connectivity index (χ3v) is 27.1. The summed E-state index contributed by atoms with van der Waals surface area (Å²) in [5.74, 6) is 0. The van der Waals surface area contributed by atoms with Gasteiger partial charge in [0.25, 0.3) is 0 Å². The van der Waals surface area contributed by atoms with Crippen LogP contribution in [0.5, 0.6) is 0 Å². The summed E-state index contributed by atoms with van der Waals surface area (Å²) in [7, 11) is -22.3. The van der Waals surface area contributed by atoms with Crippen molar-refractivity contribution in [1.29, 1.82) is 0 Å². The van der Waals surface area contributed by atoms with Gasteiger partial charge in [0.05, 0.1) is 13.2 Å². The number of ether oxygens (including phenoxy) is 2. The van der Waals surface area contributed by atoms with Gasteiger partial charge in [-0.1, -0.05) is 12.1 Å². The molecule has 21 heteroatoms. The number of hydrogen-bond donors (Lipinski definition) is 0. The van der Waals surface area contributed by atoms with Crippen LogP contribution in [0.15, 0.2) is 29.2 Å². The van der Waals surface area contributed by atoms with Gasteiger partial charge in [-0.15, -0.1) is 0 Å².